The topological polar surface area (TPSA) is 37.4 Å². The molecule has 1 saturated heterocycles. The third-order valence-electron chi connectivity index (χ3n) is 3.37. The number of thiazole rings is 1. The van der Waals surface area contributed by atoms with E-state index < -0.39 is 0 Å². The van der Waals surface area contributed by atoms with Crippen molar-refractivity contribution in [3.8, 4) is 0 Å². The second kappa shape index (κ2) is 6.61. The lowest BCUT2D eigenvalue weighted by atomic mass is 10.2. The molecular weight excluding hydrogens is 246 g/mol. The molecule has 2 heterocycles. The van der Waals surface area contributed by atoms with Crippen molar-refractivity contribution in [3.63, 3.8) is 0 Å². The number of nitrogens with one attached hydrogen (secondary N) is 1. The van der Waals surface area contributed by atoms with E-state index in [9.17, 15) is 0 Å². The molecular formula is C13H23N3OS. The first kappa shape index (κ1) is 13.9. The maximum atomic E-state index is 5.80. The number of hydrogen-bond donors (Lipinski definition) is 1. The zero-order chi connectivity index (χ0) is 13.0. The molecule has 1 aromatic rings. The molecule has 18 heavy (non-hydrogen) atoms. The standard InChI is InChI=1S/C13H23N3OS/c1-10(2)16-5-6-17-12(9-16)8-15-11(3)13-14-4-7-18-13/h4,7,10-12,15H,5-6,8-9H2,1-3H3. The quantitative estimate of drug-likeness (QED) is 0.886. The Morgan fingerprint density at radius 1 is 1.56 bits per heavy atom. The summed E-state index contributed by atoms with van der Waals surface area (Å²) >= 11 is 1.70. The Hall–Kier alpha value is -0.490. The summed E-state index contributed by atoms with van der Waals surface area (Å²) in [7, 11) is 0. The molecule has 0 radical (unpaired) electrons. The highest BCUT2D eigenvalue weighted by molar-refractivity contribution is 7.09. The smallest absolute Gasteiger partial charge is 0.109 e. The van der Waals surface area contributed by atoms with Crippen LogP contribution in [0.3, 0.4) is 0 Å². The maximum Gasteiger partial charge on any atom is 0.109 e. The van der Waals surface area contributed by atoms with Gasteiger partial charge in [-0.3, -0.25) is 4.90 Å². The van der Waals surface area contributed by atoms with Gasteiger partial charge in [-0.25, -0.2) is 4.98 Å². The van der Waals surface area contributed by atoms with Gasteiger partial charge < -0.3 is 10.1 Å². The molecule has 4 nitrogen and oxygen atoms in total. The van der Waals surface area contributed by atoms with E-state index in [2.05, 4.69) is 36.0 Å². The van der Waals surface area contributed by atoms with Crippen LogP contribution in [0, 0.1) is 0 Å². The van der Waals surface area contributed by atoms with Crippen molar-refractivity contribution < 1.29 is 4.74 Å². The summed E-state index contributed by atoms with van der Waals surface area (Å²) in [5.41, 5.74) is 0. The van der Waals surface area contributed by atoms with E-state index in [0.29, 0.717) is 18.2 Å². The summed E-state index contributed by atoms with van der Waals surface area (Å²) in [6.45, 7) is 10.5. The monoisotopic (exact) mass is 269 g/mol. The van der Waals surface area contributed by atoms with Crippen LogP contribution in [0.15, 0.2) is 11.6 Å². The predicted molar refractivity (Wildman–Crippen MR) is 75.0 cm³/mol. The normalized spacial score (nSPS) is 23.4. The molecule has 2 rings (SSSR count). The summed E-state index contributed by atoms with van der Waals surface area (Å²) in [6.07, 6.45) is 2.15. The predicted octanol–water partition coefficient (Wildman–Crippen LogP) is 1.90. The van der Waals surface area contributed by atoms with Crippen molar-refractivity contribution in [2.75, 3.05) is 26.2 Å². The fourth-order valence-corrected chi connectivity index (χ4v) is 2.85. The SMILES string of the molecule is CC(NCC1CN(C(C)C)CCO1)c1nccs1. The highest BCUT2D eigenvalue weighted by Gasteiger charge is 2.22. The number of hydrogen-bond acceptors (Lipinski definition) is 5. The van der Waals surface area contributed by atoms with Crippen molar-refractivity contribution in [3.05, 3.63) is 16.6 Å². The van der Waals surface area contributed by atoms with Crippen LogP contribution in [-0.4, -0.2) is 48.3 Å². The van der Waals surface area contributed by atoms with E-state index in [4.69, 9.17) is 4.74 Å². The lowest BCUT2D eigenvalue weighted by Crippen LogP contribution is -2.49. The van der Waals surface area contributed by atoms with E-state index in [1.54, 1.807) is 11.3 Å². The van der Waals surface area contributed by atoms with Crippen LogP contribution in [-0.2, 0) is 4.74 Å². The summed E-state index contributed by atoms with van der Waals surface area (Å²) < 4.78 is 5.80. The third kappa shape index (κ3) is 3.75. The van der Waals surface area contributed by atoms with Crippen LogP contribution < -0.4 is 5.32 Å². The minimum atomic E-state index is 0.295. The van der Waals surface area contributed by atoms with Crippen LogP contribution in [0.2, 0.25) is 0 Å². The molecule has 0 aliphatic carbocycles. The zero-order valence-electron chi connectivity index (χ0n) is 11.4. The average molecular weight is 269 g/mol. The fraction of sp³-hybridized carbons (Fsp3) is 0.769. The molecule has 102 valence electrons. The van der Waals surface area contributed by atoms with E-state index in [1.165, 1.54) is 0 Å². The molecule has 0 bridgehead atoms. The highest BCUT2D eigenvalue weighted by atomic mass is 32.1. The van der Waals surface area contributed by atoms with Gasteiger partial charge >= 0.3 is 0 Å². The minimum Gasteiger partial charge on any atom is -0.374 e. The van der Waals surface area contributed by atoms with Gasteiger partial charge in [-0.15, -0.1) is 11.3 Å². The average Bonchev–Trinajstić information content (AvgIpc) is 2.90. The van der Waals surface area contributed by atoms with Crippen molar-refractivity contribution in [2.24, 2.45) is 0 Å². The summed E-state index contributed by atoms with van der Waals surface area (Å²) in [4.78, 5) is 6.80. The highest BCUT2D eigenvalue weighted by Crippen LogP contribution is 2.15. The molecule has 0 amide bonds. The first-order chi connectivity index (χ1) is 8.66. The first-order valence-corrected chi connectivity index (χ1v) is 7.53. The first-order valence-electron chi connectivity index (χ1n) is 6.65. The molecule has 0 aromatic carbocycles. The van der Waals surface area contributed by atoms with Crippen LogP contribution >= 0.6 is 11.3 Å². The van der Waals surface area contributed by atoms with Gasteiger partial charge in [-0.2, -0.15) is 0 Å². The number of ether oxygens (including phenoxy) is 1. The van der Waals surface area contributed by atoms with Gasteiger partial charge in [0.25, 0.3) is 0 Å². The lowest BCUT2D eigenvalue weighted by molar-refractivity contribution is -0.0379. The molecule has 1 fully saturated rings. The number of nitrogens with zero attached hydrogens (tertiary/aromatic N) is 2. The Morgan fingerprint density at radius 2 is 2.39 bits per heavy atom. The Balaban J connectivity index is 1.76. The van der Waals surface area contributed by atoms with Crippen LogP contribution in [0.1, 0.15) is 31.8 Å². The number of rotatable bonds is 5. The van der Waals surface area contributed by atoms with E-state index in [0.717, 1.165) is 31.2 Å². The van der Waals surface area contributed by atoms with Gasteiger partial charge in [0.2, 0.25) is 0 Å². The summed E-state index contributed by atoms with van der Waals surface area (Å²) in [5, 5.41) is 6.67. The molecule has 2 atom stereocenters. The molecule has 1 aliphatic rings. The third-order valence-corrected chi connectivity index (χ3v) is 4.33. The molecule has 1 aliphatic heterocycles. The van der Waals surface area contributed by atoms with Gasteiger partial charge in [0.15, 0.2) is 0 Å². The van der Waals surface area contributed by atoms with E-state index in [1.807, 2.05) is 11.6 Å². The number of morpholine rings is 1. The Morgan fingerprint density at radius 3 is 3.06 bits per heavy atom. The van der Waals surface area contributed by atoms with Crippen molar-refractivity contribution in [2.45, 2.75) is 39.0 Å². The Bertz CT molecular complexity index is 342. The van der Waals surface area contributed by atoms with Gasteiger partial charge in [-0.1, -0.05) is 0 Å². The van der Waals surface area contributed by atoms with Gasteiger partial charge in [0.05, 0.1) is 18.8 Å². The lowest BCUT2D eigenvalue weighted by Gasteiger charge is -2.35. The largest absolute Gasteiger partial charge is 0.374 e. The van der Waals surface area contributed by atoms with Crippen molar-refractivity contribution in [1.82, 2.24) is 15.2 Å². The fourth-order valence-electron chi connectivity index (χ4n) is 2.18. The number of aromatic nitrogens is 1. The van der Waals surface area contributed by atoms with E-state index in [-0.39, 0.29) is 0 Å². The van der Waals surface area contributed by atoms with Gasteiger partial charge in [-0.05, 0) is 20.8 Å². The van der Waals surface area contributed by atoms with Gasteiger partial charge in [0.1, 0.15) is 5.01 Å². The summed E-state index contributed by atoms with van der Waals surface area (Å²) in [5.74, 6) is 0. The minimum absolute atomic E-state index is 0.295. The Labute approximate surface area is 113 Å². The van der Waals surface area contributed by atoms with Gasteiger partial charge in [0, 0.05) is 37.3 Å². The van der Waals surface area contributed by atoms with Crippen LogP contribution in [0.4, 0.5) is 0 Å². The van der Waals surface area contributed by atoms with E-state index >= 15 is 0 Å². The molecule has 5 heteroatoms. The molecule has 1 N–H and O–H groups in total. The molecule has 2 unspecified atom stereocenters. The molecule has 0 spiro atoms. The molecule has 0 saturated carbocycles. The second-order valence-electron chi connectivity index (χ2n) is 5.08. The Kier molecular flexibility index (Phi) is 5.12. The summed E-state index contributed by atoms with van der Waals surface area (Å²) in [6, 6.07) is 0.913. The van der Waals surface area contributed by atoms with Crippen molar-refractivity contribution >= 4 is 11.3 Å². The van der Waals surface area contributed by atoms with Crippen LogP contribution in [0.25, 0.3) is 0 Å². The maximum absolute atomic E-state index is 5.80. The van der Waals surface area contributed by atoms with Crippen LogP contribution in [0.5, 0.6) is 0 Å². The molecule has 1 aromatic heterocycles. The zero-order valence-corrected chi connectivity index (χ0v) is 12.2. The van der Waals surface area contributed by atoms with Crippen molar-refractivity contribution in [1.29, 1.82) is 0 Å². The second-order valence-corrected chi connectivity index (χ2v) is 6.01.